The Morgan fingerprint density at radius 3 is 3.10 bits per heavy atom. The standard InChI is InChI=1S/C14H10N2O4S/c17-13(18)4-9-6-21-14-15-10(5-16(9)14)8-1-2-11-12(3-8)20-7-19-11/h1-3,5-6H,4,7H2,(H,17,18). The van der Waals surface area contributed by atoms with Gasteiger partial charge in [-0.2, -0.15) is 0 Å². The number of aliphatic carboxylic acids is 1. The van der Waals surface area contributed by atoms with Gasteiger partial charge in [0.15, 0.2) is 16.5 Å². The van der Waals surface area contributed by atoms with Crippen molar-refractivity contribution < 1.29 is 19.4 Å². The smallest absolute Gasteiger partial charge is 0.309 e. The summed E-state index contributed by atoms with van der Waals surface area (Å²) in [5.41, 5.74) is 2.42. The van der Waals surface area contributed by atoms with Crippen LogP contribution < -0.4 is 9.47 Å². The monoisotopic (exact) mass is 302 g/mol. The maximum Gasteiger partial charge on any atom is 0.309 e. The molecule has 21 heavy (non-hydrogen) atoms. The third kappa shape index (κ3) is 2.02. The van der Waals surface area contributed by atoms with Gasteiger partial charge in [0.05, 0.1) is 12.1 Å². The fourth-order valence-corrected chi connectivity index (χ4v) is 3.18. The molecular weight excluding hydrogens is 292 g/mol. The summed E-state index contributed by atoms with van der Waals surface area (Å²) in [5, 5.41) is 10.7. The van der Waals surface area contributed by atoms with Crippen LogP contribution in [0.2, 0.25) is 0 Å². The first-order chi connectivity index (χ1) is 10.2. The molecule has 2 aromatic heterocycles. The van der Waals surface area contributed by atoms with Gasteiger partial charge in [0.2, 0.25) is 6.79 Å². The highest BCUT2D eigenvalue weighted by molar-refractivity contribution is 7.15. The van der Waals surface area contributed by atoms with Crippen molar-refractivity contribution >= 4 is 22.3 Å². The number of rotatable bonds is 3. The Morgan fingerprint density at radius 2 is 2.24 bits per heavy atom. The quantitative estimate of drug-likeness (QED) is 0.804. The zero-order chi connectivity index (χ0) is 14.4. The minimum Gasteiger partial charge on any atom is -0.481 e. The van der Waals surface area contributed by atoms with Crippen molar-refractivity contribution in [2.75, 3.05) is 6.79 Å². The van der Waals surface area contributed by atoms with E-state index in [4.69, 9.17) is 14.6 Å². The number of carboxylic acid groups (broad SMARTS) is 1. The average Bonchev–Trinajstić information content (AvgIpc) is 3.13. The van der Waals surface area contributed by atoms with Gasteiger partial charge < -0.3 is 14.6 Å². The van der Waals surface area contributed by atoms with Crippen LogP contribution in [0, 0.1) is 0 Å². The number of aromatic nitrogens is 2. The third-order valence-electron chi connectivity index (χ3n) is 3.28. The van der Waals surface area contributed by atoms with Crippen LogP contribution in [-0.4, -0.2) is 27.3 Å². The fourth-order valence-electron chi connectivity index (χ4n) is 2.31. The van der Waals surface area contributed by atoms with Crippen molar-refractivity contribution in [2.24, 2.45) is 0 Å². The molecule has 0 unspecified atom stereocenters. The van der Waals surface area contributed by atoms with E-state index >= 15 is 0 Å². The van der Waals surface area contributed by atoms with Crippen molar-refractivity contribution in [1.29, 1.82) is 0 Å². The SMILES string of the molecule is O=C(O)Cc1csc2nc(-c3ccc4c(c3)OCO4)cn12. The molecule has 1 aliphatic heterocycles. The summed E-state index contributed by atoms with van der Waals surface area (Å²) in [5.74, 6) is 0.578. The Balaban J connectivity index is 1.77. The molecule has 0 aliphatic carbocycles. The summed E-state index contributed by atoms with van der Waals surface area (Å²) in [6, 6.07) is 5.64. The summed E-state index contributed by atoms with van der Waals surface area (Å²) in [6.45, 7) is 0.236. The minimum atomic E-state index is -0.854. The van der Waals surface area contributed by atoms with Crippen LogP contribution in [-0.2, 0) is 11.2 Å². The summed E-state index contributed by atoms with van der Waals surface area (Å²) in [6.07, 6.45) is 1.83. The molecule has 0 amide bonds. The van der Waals surface area contributed by atoms with E-state index in [2.05, 4.69) is 4.98 Å². The second-order valence-corrected chi connectivity index (χ2v) is 5.48. The van der Waals surface area contributed by atoms with Gasteiger partial charge in [-0.1, -0.05) is 0 Å². The van der Waals surface area contributed by atoms with E-state index in [1.165, 1.54) is 11.3 Å². The van der Waals surface area contributed by atoms with Gasteiger partial charge in [-0.05, 0) is 18.2 Å². The van der Waals surface area contributed by atoms with Crippen LogP contribution in [0.25, 0.3) is 16.2 Å². The highest BCUT2D eigenvalue weighted by Crippen LogP contribution is 2.36. The van der Waals surface area contributed by atoms with Crippen molar-refractivity contribution in [2.45, 2.75) is 6.42 Å². The molecule has 0 saturated carbocycles. The first-order valence-electron chi connectivity index (χ1n) is 6.28. The molecule has 4 rings (SSSR count). The Bertz CT molecular complexity index is 852. The summed E-state index contributed by atoms with van der Waals surface area (Å²) >= 11 is 1.43. The fraction of sp³-hybridized carbons (Fsp3) is 0.143. The molecule has 0 radical (unpaired) electrons. The molecule has 6 nitrogen and oxygen atoms in total. The third-order valence-corrected chi connectivity index (χ3v) is 4.17. The molecule has 0 saturated heterocycles. The molecule has 3 heterocycles. The van der Waals surface area contributed by atoms with E-state index in [1.54, 1.807) is 0 Å². The van der Waals surface area contributed by atoms with Crippen LogP contribution in [0.4, 0.5) is 0 Å². The molecule has 0 spiro atoms. The van der Waals surface area contributed by atoms with Gasteiger partial charge in [0.1, 0.15) is 0 Å². The number of thiazole rings is 1. The maximum absolute atomic E-state index is 10.9. The lowest BCUT2D eigenvalue weighted by molar-refractivity contribution is -0.136. The number of hydrogen-bond donors (Lipinski definition) is 1. The summed E-state index contributed by atoms with van der Waals surface area (Å²) in [7, 11) is 0. The van der Waals surface area contributed by atoms with Gasteiger partial charge in [-0.3, -0.25) is 9.20 Å². The van der Waals surface area contributed by atoms with Crippen LogP contribution in [0.5, 0.6) is 11.5 Å². The molecule has 0 atom stereocenters. The second kappa shape index (κ2) is 4.49. The van der Waals surface area contributed by atoms with Crippen LogP contribution in [0.1, 0.15) is 5.69 Å². The largest absolute Gasteiger partial charge is 0.481 e. The van der Waals surface area contributed by atoms with Crippen LogP contribution in [0.15, 0.2) is 29.8 Å². The van der Waals surface area contributed by atoms with Crippen LogP contribution >= 0.6 is 11.3 Å². The Hall–Kier alpha value is -2.54. The van der Waals surface area contributed by atoms with Crippen molar-refractivity contribution in [1.82, 2.24) is 9.38 Å². The summed E-state index contributed by atoms with van der Waals surface area (Å²) in [4.78, 5) is 16.2. The topological polar surface area (TPSA) is 73.1 Å². The van der Waals surface area contributed by atoms with Gasteiger partial charge >= 0.3 is 5.97 Å². The van der Waals surface area contributed by atoms with Crippen LogP contribution in [0.3, 0.4) is 0 Å². The molecule has 3 aromatic rings. The number of fused-ring (bicyclic) bond motifs is 2. The lowest BCUT2D eigenvalue weighted by atomic mass is 10.1. The number of ether oxygens (including phenoxy) is 2. The van der Waals surface area contributed by atoms with Crippen molar-refractivity contribution in [3.63, 3.8) is 0 Å². The molecule has 1 N–H and O–H groups in total. The van der Waals surface area contributed by atoms with Crippen molar-refractivity contribution in [3.8, 4) is 22.8 Å². The lowest BCUT2D eigenvalue weighted by Crippen LogP contribution is -2.02. The Labute approximate surface area is 123 Å². The molecular formula is C14H10N2O4S. The molecule has 7 heteroatoms. The number of nitrogens with zero attached hydrogens (tertiary/aromatic N) is 2. The van der Waals surface area contributed by atoms with E-state index in [0.717, 1.165) is 27.7 Å². The minimum absolute atomic E-state index is 0.0169. The van der Waals surface area contributed by atoms with E-state index in [1.807, 2.05) is 34.2 Å². The Kier molecular flexibility index (Phi) is 2.61. The van der Waals surface area contributed by atoms with E-state index in [9.17, 15) is 4.79 Å². The molecule has 0 bridgehead atoms. The average molecular weight is 302 g/mol. The predicted octanol–water partition coefficient (Wildman–Crippen LogP) is 2.42. The highest BCUT2D eigenvalue weighted by Gasteiger charge is 2.16. The molecule has 0 fully saturated rings. The predicted molar refractivity (Wildman–Crippen MR) is 76.0 cm³/mol. The Morgan fingerprint density at radius 1 is 1.38 bits per heavy atom. The molecule has 106 valence electrons. The molecule has 1 aliphatic rings. The van der Waals surface area contributed by atoms with Gasteiger partial charge in [0, 0.05) is 22.8 Å². The van der Waals surface area contributed by atoms with E-state index in [0.29, 0.717) is 5.75 Å². The summed E-state index contributed by atoms with van der Waals surface area (Å²) < 4.78 is 12.5. The van der Waals surface area contributed by atoms with Gasteiger partial charge in [0.25, 0.3) is 0 Å². The number of carboxylic acids is 1. The number of benzene rings is 1. The first-order valence-corrected chi connectivity index (χ1v) is 7.16. The first kappa shape index (κ1) is 12.2. The van der Waals surface area contributed by atoms with Gasteiger partial charge in [-0.15, -0.1) is 11.3 Å². The highest BCUT2D eigenvalue weighted by atomic mass is 32.1. The zero-order valence-electron chi connectivity index (χ0n) is 10.8. The number of hydrogen-bond acceptors (Lipinski definition) is 5. The molecule has 1 aromatic carbocycles. The van der Waals surface area contributed by atoms with Crippen molar-refractivity contribution in [3.05, 3.63) is 35.5 Å². The second-order valence-electron chi connectivity index (χ2n) is 4.64. The zero-order valence-corrected chi connectivity index (χ0v) is 11.6. The van der Waals surface area contributed by atoms with E-state index < -0.39 is 5.97 Å². The normalized spacial score (nSPS) is 13.0. The number of imidazole rings is 1. The maximum atomic E-state index is 10.9. The number of carbonyl (C=O) groups is 1. The van der Waals surface area contributed by atoms with Gasteiger partial charge in [-0.25, -0.2) is 4.98 Å². The lowest BCUT2D eigenvalue weighted by Gasteiger charge is -1.99. The van der Waals surface area contributed by atoms with E-state index in [-0.39, 0.29) is 13.2 Å².